The summed E-state index contributed by atoms with van der Waals surface area (Å²) in [5.41, 5.74) is 2.00. The molecule has 0 radical (unpaired) electrons. The molecule has 0 fully saturated rings. The Kier molecular flexibility index (Phi) is 3.15. The van der Waals surface area contributed by atoms with Crippen molar-refractivity contribution in [1.29, 1.82) is 0 Å². The van der Waals surface area contributed by atoms with Gasteiger partial charge >= 0.3 is 0 Å². The molecule has 1 heterocycles. The van der Waals surface area contributed by atoms with Gasteiger partial charge in [0.05, 0.1) is 12.3 Å². The molecule has 1 aromatic heterocycles. The second-order valence-electron chi connectivity index (χ2n) is 3.05. The normalized spacial score (nSPS) is 10.5. The number of hydrogen-bond donors (Lipinski definition) is 1. The SMILES string of the molecule is NOCc1ccc(-n2cccn2)c(Br)c1. The summed E-state index contributed by atoms with van der Waals surface area (Å²) in [6.45, 7) is 0.401. The van der Waals surface area contributed by atoms with Crippen molar-refractivity contribution >= 4 is 15.9 Å². The highest BCUT2D eigenvalue weighted by Crippen LogP contribution is 2.22. The monoisotopic (exact) mass is 267 g/mol. The van der Waals surface area contributed by atoms with Gasteiger partial charge in [-0.3, -0.25) is 4.84 Å². The molecule has 0 aliphatic heterocycles. The van der Waals surface area contributed by atoms with Crippen molar-refractivity contribution in [2.24, 2.45) is 5.90 Å². The molecule has 0 aliphatic rings. The summed E-state index contributed by atoms with van der Waals surface area (Å²) in [5.74, 6) is 5.01. The molecule has 2 rings (SSSR count). The van der Waals surface area contributed by atoms with Gasteiger partial charge in [-0.05, 0) is 39.7 Å². The first-order chi connectivity index (χ1) is 7.31. The second-order valence-corrected chi connectivity index (χ2v) is 3.90. The molecule has 1 aromatic carbocycles. The molecule has 2 aromatic rings. The first-order valence-electron chi connectivity index (χ1n) is 4.41. The Bertz CT molecular complexity index is 442. The van der Waals surface area contributed by atoms with Gasteiger partial charge < -0.3 is 0 Å². The third-order valence-electron chi connectivity index (χ3n) is 2.01. The topological polar surface area (TPSA) is 53.1 Å². The van der Waals surface area contributed by atoms with E-state index in [2.05, 4.69) is 25.9 Å². The predicted molar refractivity (Wildman–Crippen MR) is 60.2 cm³/mol. The van der Waals surface area contributed by atoms with Crippen molar-refractivity contribution in [2.75, 3.05) is 0 Å². The number of nitrogens with zero attached hydrogens (tertiary/aromatic N) is 2. The highest BCUT2D eigenvalue weighted by molar-refractivity contribution is 9.10. The van der Waals surface area contributed by atoms with Crippen molar-refractivity contribution in [3.63, 3.8) is 0 Å². The van der Waals surface area contributed by atoms with E-state index in [0.717, 1.165) is 15.7 Å². The Morgan fingerprint density at radius 3 is 2.93 bits per heavy atom. The van der Waals surface area contributed by atoms with Gasteiger partial charge in [-0.2, -0.15) is 5.10 Å². The lowest BCUT2D eigenvalue weighted by Crippen LogP contribution is -2.00. The van der Waals surface area contributed by atoms with Gasteiger partial charge in [-0.15, -0.1) is 0 Å². The fourth-order valence-corrected chi connectivity index (χ4v) is 1.94. The smallest absolute Gasteiger partial charge is 0.0930 e. The van der Waals surface area contributed by atoms with Crippen molar-refractivity contribution in [3.8, 4) is 5.69 Å². The average molecular weight is 268 g/mol. The minimum absolute atomic E-state index is 0.401. The van der Waals surface area contributed by atoms with E-state index in [1.54, 1.807) is 10.9 Å². The summed E-state index contributed by atoms with van der Waals surface area (Å²) >= 11 is 3.48. The fraction of sp³-hybridized carbons (Fsp3) is 0.100. The maximum absolute atomic E-state index is 5.01. The van der Waals surface area contributed by atoms with E-state index in [9.17, 15) is 0 Å². The molecular formula is C10H10BrN3O. The van der Waals surface area contributed by atoms with Crippen LogP contribution in [-0.4, -0.2) is 9.78 Å². The van der Waals surface area contributed by atoms with E-state index in [1.807, 2.05) is 30.5 Å². The van der Waals surface area contributed by atoms with Gasteiger partial charge in [-0.1, -0.05) is 6.07 Å². The van der Waals surface area contributed by atoms with Crippen LogP contribution in [0.15, 0.2) is 41.1 Å². The molecule has 0 amide bonds. The lowest BCUT2D eigenvalue weighted by Gasteiger charge is -2.06. The fourth-order valence-electron chi connectivity index (χ4n) is 1.33. The number of nitrogens with two attached hydrogens (primary N) is 1. The number of rotatable bonds is 3. The van der Waals surface area contributed by atoms with Crippen LogP contribution >= 0.6 is 15.9 Å². The van der Waals surface area contributed by atoms with Crippen LogP contribution < -0.4 is 5.90 Å². The maximum atomic E-state index is 5.01. The van der Waals surface area contributed by atoms with Crippen LogP contribution in [-0.2, 0) is 11.4 Å². The molecule has 0 aliphatic carbocycles. The van der Waals surface area contributed by atoms with Gasteiger partial charge in [0.1, 0.15) is 0 Å². The first kappa shape index (κ1) is 10.4. The highest BCUT2D eigenvalue weighted by Gasteiger charge is 2.03. The predicted octanol–water partition coefficient (Wildman–Crippen LogP) is 2.03. The molecule has 0 bridgehead atoms. The standard InChI is InChI=1S/C10H10BrN3O/c11-9-6-8(7-15-12)2-3-10(9)14-5-1-4-13-14/h1-6H,7,12H2. The quantitative estimate of drug-likeness (QED) is 0.866. The zero-order valence-electron chi connectivity index (χ0n) is 7.93. The lowest BCUT2D eigenvalue weighted by atomic mass is 10.2. The summed E-state index contributed by atoms with van der Waals surface area (Å²) < 4.78 is 2.75. The molecule has 5 heteroatoms. The van der Waals surface area contributed by atoms with Gasteiger partial charge in [0.15, 0.2) is 0 Å². The zero-order chi connectivity index (χ0) is 10.7. The highest BCUT2D eigenvalue weighted by atomic mass is 79.9. The Hall–Kier alpha value is -1.17. The second kappa shape index (κ2) is 4.57. The van der Waals surface area contributed by atoms with Gasteiger partial charge in [0.25, 0.3) is 0 Å². The Morgan fingerprint density at radius 1 is 1.47 bits per heavy atom. The summed E-state index contributed by atoms with van der Waals surface area (Å²) in [7, 11) is 0. The largest absolute Gasteiger partial charge is 0.300 e. The minimum atomic E-state index is 0.401. The van der Waals surface area contributed by atoms with Crippen LogP contribution in [0.5, 0.6) is 0 Å². The molecule has 0 spiro atoms. The van der Waals surface area contributed by atoms with Crippen LogP contribution in [0.25, 0.3) is 5.69 Å². The number of hydrogen-bond acceptors (Lipinski definition) is 3. The van der Waals surface area contributed by atoms with E-state index in [1.165, 1.54) is 0 Å². The zero-order valence-corrected chi connectivity index (χ0v) is 9.52. The molecule has 0 saturated carbocycles. The Morgan fingerprint density at radius 2 is 2.33 bits per heavy atom. The van der Waals surface area contributed by atoms with E-state index in [4.69, 9.17) is 5.90 Å². The van der Waals surface area contributed by atoms with Crippen molar-refractivity contribution in [2.45, 2.75) is 6.61 Å². The third-order valence-corrected chi connectivity index (χ3v) is 2.65. The maximum Gasteiger partial charge on any atom is 0.0930 e. The molecule has 2 N–H and O–H groups in total. The van der Waals surface area contributed by atoms with Crippen LogP contribution in [0.2, 0.25) is 0 Å². The summed E-state index contributed by atoms with van der Waals surface area (Å²) in [6, 6.07) is 7.76. The molecule has 78 valence electrons. The van der Waals surface area contributed by atoms with Crippen molar-refractivity contribution < 1.29 is 4.84 Å². The molecule has 0 atom stereocenters. The number of aromatic nitrogens is 2. The third kappa shape index (κ3) is 2.26. The first-order valence-corrected chi connectivity index (χ1v) is 5.20. The van der Waals surface area contributed by atoms with Crippen LogP contribution in [0.1, 0.15) is 5.56 Å². The van der Waals surface area contributed by atoms with E-state index in [0.29, 0.717) is 6.61 Å². The summed E-state index contributed by atoms with van der Waals surface area (Å²) in [5, 5.41) is 4.15. The Balaban J connectivity index is 2.35. The summed E-state index contributed by atoms with van der Waals surface area (Å²) in [6.07, 6.45) is 3.63. The summed E-state index contributed by atoms with van der Waals surface area (Å²) in [4.78, 5) is 4.57. The molecule has 0 saturated heterocycles. The van der Waals surface area contributed by atoms with E-state index < -0.39 is 0 Å². The van der Waals surface area contributed by atoms with Crippen molar-refractivity contribution in [1.82, 2.24) is 9.78 Å². The average Bonchev–Trinajstić information content (AvgIpc) is 2.71. The van der Waals surface area contributed by atoms with Crippen LogP contribution in [0, 0.1) is 0 Å². The van der Waals surface area contributed by atoms with E-state index >= 15 is 0 Å². The van der Waals surface area contributed by atoms with Gasteiger partial charge in [0.2, 0.25) is 0 Å². The van der Waals surface area contributed by atoms with Crippen molar-refractivity contribution in [3.05, 3.63) is 46.7 Å². The lowest BCUT2D eigenvalue weighted by molar-refractivity contribution is 0.124. The molecule has 4 nitrogen and oxygen atoms in total. The molecular weight excluding hydrogens is 258 g/mol. The van der Waals surface area contributed by atoms with Gasteiger partial charge in [0, 0.05) is 16.9 Å². The molecule has 0 unspecified atom stereocenters. The van der Waals surface area contributed by atoms with Crippen LogP contribution in [0.4, 0.5) is 0 Å². The van der Waals surface area contributed by atoms with Gasteiger partial charge in [-0.25, -0.2) is 10.6 Å². The Labute approximate surface area is 95.7 Å². The molecule has 15 heavy (non-hydrogen) atoms. The number of benzene rings is 1. The minimum Gasteiger partial charge on any atom is -0.300 e. The van der Waals surface area contributed by atoms with E-state index in [-0.39, 0.29) is 0 Å². The number of halogens is 1. The van der Waals surface area contributed by atoms with Crippen LogP contribution in [0.3, 0.4) is 0 Å².